The number of hydrogen-bond donors (Lipinski definition) is 1. The molecule has 1 aromatic heterocycles. The predicted molar refractivity (Wildman–Crippen MR) is 115 cm³/mol. The molecular weight excluding hydrogens is 386 g/mol. The SMILES string of the molecule is C[C@@H](OC(=O)/C=C/c1cccs1)C(=O)Nc1ccc(OCc2ccccc2)cc1. The molecule has 0 aliphatic heterocycles. The largest absolute Gasteiger partial charge is 0.489 e. The van der Waals surface area contributed by atoms with Gasteiger partial charge in [0.2, 0.25) is 0 Å². The third-order valence-corrected chi connectivity index (χ3v) is 4.80. The van der Waals surface area contributed by atoms with Crippen LogP contribution < -0.4 is 10.1 Å². The van der Waals surface area contributed by atoms with Gasteiger partial charge in [-0.15, -0.1) is 11.3 Å². The molecule has 3 rings (SSSR count). The fraction of sp³-hybridized carbons (Fsp3) is 0.130. The smallest absolute Gasteiger partial charge is 0.331 e. The Bertz CT molecular complexity index is 950. The Morgan fingerprint density at radius 1 is 1.03 bits per heavy atom. The van der Waals surface area contributed by atoms with E-state index in [1.165, 1.54) is 24.3 Å². The van der Waals surface area contributed by atoms with Crippen molar-refractivity contribution in [3.63, 3.8) is 0 Å². The number of ether oxygens (including phenoxy) is 2. The number of esters is 1. The topological polar surface area (TPSA) is 64.6 Å². The zero-order valence-electron chi connectivity index (χ0n) is 15.9. The molecule has 1 atom stereocenters. The Labute approximate surface area is 173 Å². The van der Waals surface area contributed by atoms with E-state index in [2.05, 4.69) is 5.32 Å². The van der Waals surface area contributed by atoms with E-state index in [0.29, 0.717) is 18.0 Å². The van der Waals surface area contributed by atoms with Gasteiger partial charge >= 0.3 is 5.97 Å². The molecule has 148 valence electrons. The highest BCUT2D eigenvalue weighted by molar-refractivity contribution is 7.10. The number of benzene rings is 2. The molecule has 2 aromatic carbocycles. The molecule has 0 spiro atoms. The summed E-state index contributed by atoms with van der Waals surface area (Å²) in [7, 11) is 0. The molecule has 0 fully saturated rings. The molecule has 29 heavy (non-hydrogen) atoms. The number of nitrogens with one attached hydrogen (secondary N) is 1. The lowest BCUT2D eigenvalue weighted by Crippen LogP contribution is -2.29. The van der Waals surface area contributed by atoms with Crippen molar-refractivity contribution in [2.45, 2.75) is 19.6 Å². The van der Waals surface area contributed by atoms with Crippen LogP contribution in [0.1, 0.15) is 17.4 Å². The second-order valence-corrected chi connectivity index (χ2v) is 7.20. The van der Waals surface area contributed by atoms with E-state index >= 15 is 0 Å². The van der Waals surface area contributed by atoms with Crippen molar-refractivity contribution in [3.05, 3.63) is 88.6 Å². The Morgan fingerprint density at radius 3 is 2.48 bits per heavy atom. The minimum Gasteiger partial charge on any atom is -0.489 e. The van der Waals surface area contributed by atoms with Gasteiger partial charge in [0.05, 0.1) is 0 Å². The third kappa shape index (κ3) is 6.62. The molecule has 0 radical (unpaired) electrons. The summed E-state index contributed by atoms with van der Waals surface area (Å²) >= 11 is 1.51. The van der Waals surface area contributed by atoms with E-state index in [4.69, 9.17) is 9.47 Å². The van der Waals surface area contributed by atoms with Crippen molar-refractivity contribution in [2.24, 2.45) is 0 Å². The molecule has 0 saturated heterocycles. The first kappa shape index (κ1) is 20.4. The monoisotopic (exact) mass is 407 g/mol. The molecule has 3 aromatic rings. The summed E-state index contributed by atoms with van der Waals surface area (Å²) in [5, 5.41) is 4.64. The van der Waals surface area contributed by atoms with Gasteiger partial charge in [0.1, 0.15) is 12.4 Å². The molecule has 0 saturated carbocycles. The van der Waals surface area contributed by atoms with Crippen molar-refractivity contribution in [2.75, 3.05) is 5.32 Å². The number of thiophene rings is 1. The van der Waals surface area contributed by atoms with Crippen LogP contribution in [0.5, 0.6) is 5.75 Å². The van der Waals surface area contributed by atoms with Crippen molar-refractivity contribution in [3.8, 4) is 5.75 Å². The first-order valence-electron chi connectivity index (χ1n) is 9.10. The van der Waals surface area contributed by atoms with E-state index in [-0.39, 0.29) is 0 Å². The van der Waals surface area contributed by atoms with Crippen LogP contribution in [0.2, 0.25) is 0 Å². The van der Waals surface area contributed by atoms with Gasteiger partial charge in [0.15, 0.2) is 6.10 Å². The summed E-state index contributed by atoms with van der Waals surface area (Å²) in [4.78, 5) is 25.0. The van der Waals surface area contributed by atoms with E-state index < -0.39 is 18.0 Å². The van der Waals surface area contributed by atoms with Gasteiger partial charge in [-0.05, 0) is 54.3 Å². The van der Waals surface area contributed by atoms with Gasteiger partial charge in [-0.1, -0.05) is 36.4 Å². The summed E-state index contributed by atoms with van der Waals surface area (Å²) in [5.41, 5.74) is 1.67. The van der Waals surface area contributed by atoms with Gasteiger partial charge < -0.3 is 14.8 Å². The molecule has 6 heteroatoms. The zero-order valence-corrected chi connectivity index (χ0v) is 16.7. The first-order chi connectivity index (χ1) is 14.1. The van der Waals surface area contributed by atoms with Crippen molar-refractivity contribution >= 4 is 35.0 Å². The number of hydrogen-bond acceptors (Lipinski definition) is 5. The highest BCUT2D eigenvalue weighted by Gasteiger charge is 2.16. The van der Waals surface area contributed by atoms with E-state index in [0.717, 1.165) is 10.4 Å². The summed E-state index contributed by atoms with van der Waals surface area (Å²) in [6, 6.07) is 20.7. The minimum atomic E-state index is -0.913. The number of carbonyl (C=O) groups excluding carboxylic acids is 2. The normalized spacial score (nSPS) is 11.8. The summed E-state index contributed by atoms with van der Waals surface area (Å²) in [6.07, 6.45) is 2.06. The van der Waals surface area contributed by atoms with Crippen LogP contribution in [0.15, 0.2) is 78.2 Å². The summed E-state index contributed by atoms with van der Waals surface area (Å²) in [6.45, 7) is 2.00. The van der Waals surface area contributed by atoms with E-state index in [9.17, 15) is 9.59 Å². The van der Waals surface area contributed by atoms with Gasteiger partial charge in [-0.2, -0.15) is 0 Å². The zero-order chi connectivity index (χ0) is 20.5. The Balaban J connectivity index is 1.46. The average molecular weight is 407 g/mol. The highest BCUT2D eigenvalue weighted by atomic mass is 32.1. The van der Waals surface area contributed by atoms with Gasteiger partial charge in [-0.25, -0.2) is 4.79 Å². The molecule has 1 N–H and O–H groups in total. The van der Waals surface area contributed by atoms with Crippen molar-refractivity contribution in [1.82, 2.24) is 0 Å². The van der Waals surface area contributed by atoms with E-state index in [1.807, 2.05) is 47.8 Å². The van der Waals surface area contributed by atoms with Crippen LogP contribution in [0.3, 0.4) is 0 Å². The Morgan fingerprint density at radius 2 is 1.79 bits per heavy atom. The molecule has 1 heterocycles. The first-order valence-corrected chi connectivity index (χ1v) is 9.98. The number of amides is 1. The van der Waals surface area contributed by atoms with Crippen molar-refractivity contribution < 1.29 is 19.1 Å². The summed E-state index contributed by atoms with van der Waals surface area (Å²) < 4.78 is 10.9. The fourth-order valence-corrected chi connectivity index (χ4v) is 3.04. The molecule has 1 amide bonds. The lowest BCUT2D eigenvalue weighted by Gasteiger charge is -2.13. The predicted octanol–water partition coefficient (Wildman–Crippen LogP) is 4.91. The number of rotatable bonds is 8. The van der Waals surface area contributed by atoms with Crippen LogP contribution in [0.4, 0.5) is 5.69 Å². The Hall–Kier alpha value is -3.38. The minimum absolute atomic E-state index is 0.402. The van der Waals surface area contributed by atoms with Crippen LogP contribution in [0, 0.1) is 0 Å². The van der Waals surface area contributed by atoms with Gasteiger partial charge in [0.25, 0.3) is 5.91 Å². The van der Waals surface area contributed by atoms with E-state index in [1.54, 1.807) is 30.3 Å². The highest BCUT2D eigenvalue weighted by Crippen LogP contribution is 2.17. The van der Waals surface area contributed by atoms with Crippen LogP contribution in [-0.4, -0.2) is 18.0 Å². The number of anilines is 1. The third-order valence-electron chi connectivity index (χ3n) is 3.96. The standard InChI is InChI=1S/C23H21NO4S/c1-17(28-22(25)14-13-21-8-5-15-29-21)23(26)24-19-9-11-20(12-10-19)27-16-18-6-3-2-4-7-18/h2-15,17H,16H2,1H3,(H,24,26)/b14-13+/t17-/m1/s1. The molecule has 0 aliphatic carbocycles. The fourth-order valence-electron chi connectivity index (χ4n) is 2.42. The Kier molecular flexibility index (Phi) is 7.19. The van der Waals surface area contributed by atoms with Crippen LogP contribution in [0.25, 0.3) is 6.08 Å². The lowest BCUT2D eigenvalue weighted by atomic mass is 10.2. The lowest BCUT2D eigenvalue weighted by molar-refractivity contribution is -0.148. The van der Waals surface area contributed by atoms with Gasteiger partial charge in [-0.3, -0.25) is 4.79 Å². The van der Waals surface area contributed by atoms with Crippen LogP contribution >= 0.6 is 11.3 Å². The average Bonchev–Trinajstić information content (AvgIpc) is 3.26. The molecule has 5 nitrogen and oxygen atoms in total. The van der Waals surface area contributed by atoms with Crippen molar-refractivity contribution in [1.29, 1.82) is 0 Å². The second kappa shape index (κ2) is 10.2. The molecule has 0 unspecified atom stereocenters. The summed E-state index contributed by atoms with van der Waals surface area (Å²) in [5.74, 6) is -0.267. The maximum Gasteiger partial charge on any atom is 0.331 e. The number of carbonyl (C=O) groups is 2. The van der Waals surface area contributed by atoms with Gasteiger partial charge in [0, 0.05) is 16.6 Å². The second-order valence-electron chi connectivity index (χ2n) is 6.22. The quantitative estimate of drug-likeness (QED) is 0.426. The molecular formula is C23H21NO4S. The molecule has 0 bridgehead atoms. The van der Waals surface area contributed by atoms with Crippen LogP contribution in [-0.2, 0) is 20.9 Å². The maximum absolute atomic E-state index is 12.2. The molecule has 0 aliphatic rings. The maximum atomic E-state index is 12.2.